The van der Waals surface area contributed by atoms with Crippen molar-refractivity contribution in [1.29, 1.82) is 0 Å². The van der Waals surface area contributed by atoms with Gasteiger partial charge in [0.1, 0.15) is 0 Å². The zero-order valence-corrected chi connectivity index (χ0v) is 13.7. The number of rotatable bonds is 8. The summed E-state index contributed by atoms with van der Waals surface area (Å²) in [5, 5.41) is 13.6. The molecule has 0 fully saturated rings. The van der Waals surface area contributed by atoms with Crippen molar-refractivity contribution in [2.75, 3.05) is 12.9 Å². The van der Waals surface area contributed by atoms with Crippen molar-refractivity contribution >= 4 is 29.1 Å². The molecule has 0 saturated heterocycles. The van der Waals surface area contributed by atoms with Gasteiger partial charge in [0.05, 0.1) is 19.2 Å². The first-order chi connectivity index (χ1) is 10.2. The molecule has 2 aromatic heterocycles. The molecule has 0 N–H and O–H groups in total. The lowest BCUT2D eigenvalue weighted by Gasteiger charge is -2.03. The van der Waals surface area contributed by atoms with Crippen molar-refractivity contribution in [3.8, 4) is 10.7 Å². The van der Waals surface area contributed by atoms with Crippen molar-refractivity contribution in [3.63, 3.8) is 0 Å². The molecule has 0 aliphatic heterocycles. The van der Waals surface area contributed by atoms with Gasteiger partial charge in [-0.1, -0.05) is 36.4 Å². The second kappa shape index (κ2) is 8.14. The van der Waals surface area contributed by atoms with Gasteiger partial charge in [0.2, 0.25) is 0 Å². The van der Waals surface area contributed by atoms with Gasteiger partial charge in [-0.05, 0) is 12.5 Å². The van der Waals surface area contributed by atoms with Crippen LogP contribution in [0.15, 0.2) is 16.6 Å². The number of nitrogens with zero attached hydrogens (tertiary/aromatic N) is 4. The smallest absolute Gasteiger partial charge is 0.306 e. The van der Waals surface area contributed by atoms with Gasteiger partial charge in [0.15, 0.2) is 9.35 Å². The summed E-state index contributed by atoms with van der Waals surface area (Å²) in [5.41, 5.74) is 1.00. The number of thioether (sulfide) groups is 1. The Bertz CT molecular complexity index is 582. The zero-order valence-electron chi connectivity index (χ0n) is 12.1. The maximum Gasteiger partial charge on any atom is 0.306 e. The molecule has 0 saturated carbocycles. The third kappa shape index (κ3) is 4.53. The minimum atomic E-state index is -0.204. The first-order valence-electron chi connectivity index (χ1n) is 6.80. The van der Waals surface area contributed by atoms with Crippen molar-refractivity contribution in [3.05, 3.63) is 12.3 Å². The van der Waals surface area contributed by atoms with Crippen LogP contribution in [0.4, 0.5) is 0 Å². The lowest BCUT2D eigenvalue weighted by Crippen LogP contribution is -2.01. The van der Waals surface area contributed by atoms with Gasteiger partial charge in [-0.15, -0.1) is 10.2 Å². The number of carbonyl (C=O) groups excluding carboxylic acids is 1. The summed E-state index contributed by atoms with van der Waals surface area (Å²) >= 11 is 3.05. The normalized spacial score (nSPS) is 10.8. The zero-order chi connectivity index (χ0) is 15.1. The van der Waals surface area contributed by atoms with E-state index in [1.165, 1.54) is 30.2 Å². The standard InChI is InChI=1S/C13H18N4O2S2/c1-3-4-8-17-10(5-7-14-17)12-15-16-13(21-12)20-9-6-11(18)19-2/h5,7H,3-4,6,8-9H2,1-2H3. The van der Waals surface area contributed by atoms with Crippen LogP contribution in [0.5, 0.6) is 0 Å². The highest BCUT2D eigenvalue weighted by molar-refractivity contribution is 8.01. The van der Waals surface area contributed by atoms with Crippen LogP contribution in [0.2, 0.25) is 0 Å². The Morgan fingerprint density at radius 1 is 1.48 bits per heavy atom. The number of ether oxygens (including phenoxy) is 1. The molecular formula is C13H18N4O2S2. The molecule has 8 heteroatoms. The topological polar surface area (TPSA) is 69.9 Å². The van der Waals surface area contributed by atoms with E-state index in [9.17, 15) is 4.79 Å². The molecule has 2 rings (SSSR count). The number of aryl methyl sites for hydroxylation is 1. The van der Waals surface area contributed by atoms with Crippen molar-refractivity contribution in [1.82, 2.24) is 20.0 Å². The first-order valence-corrected chi connectivity index (χ1v) is 8.60. The molecule has 0 spiro atoms. The van der Waals surface area contributed by atoms with E-state index in [2.05, 4.69) is 27.0 Å². The predicted molar refractivity (Wildman–Crippen MR) is 83.4 cm³/mol. The number of esters is 1. The van der Waals surface area contributed by atoms with E-state index in [4.69, 9.17) is 0 Å². The molecule has 0 unspecified atom stereocenters. The Kier molecular flexibility index (Phi) is 6.19. The monoisotopic (exact) mass is 326 g/mol. The Labute approximate surface area is 131 Å². The van der Waals surface area contributed by atoms with Gasteiger partial charge in [0, 0.05) is 18.5 Å². The highest BCUT2D eigenvalue weighted by atomic mass is 32.2. The third-order valence-electron chi connectivity index (χ3n) is 2.82. The van der Waals surface area contributed by atoms with Gasteiger partial charge in [-0.25, -0.2) is 0 Å². The van der Waals surface area contributed by atoms with Crippen molar-refractivity contribution in [2.45, 2.75) is 37.1 Å². The van der Waals surface area contributed by atoms with Crippen LogP contribution < -0.4 is 0 Å². The largest absolute Gasteiger partial charge is 0.469 e. The van der Waals surface area contributed by atoms with E-state index in [0.29, 0.717) is 12.2 Å². The number of aromatic nitrogens is 4. The van der Waals surface area contributed by atoms with E-state index in [1.807, 2.05) is 10.7 Å². The number of hydrogen-bond donors (Lipinski definition) is 0. The third-order valence-corrected chi connectivity index (χ3v) is 4.91. The van der Waals surface area contributed by atoms with Gasteiger partial charge in [0.25, 0.3) is 0 Å². The van der Waals surface area contributed by atoms with E-state index >= 15 is 0 Å². The van der Waals surface area contributed by atoms with Crippen LogP contribution in [0, 0.1) is 0 Å². The minimum absolute atomic E-state index is 0.204. The Morgan fingerprint density at radius 2 is 2.33 bits per heavy atom. The molecule has 2 aromatic rings. The Morgan fingerprint density at radius 3 is 3.10 bits per heavy atom. The Hall–Kier alpha value is -1.41. The maximum absolute atomic E-state index is 11.1. The Balaban J connectivity index is 1.96. The van der Waals surface area contributed by atoms with Gasteiger partial charge < -0.3 is 4.74 Å². The van der Waals surface area contributed by atoms with Crippen LogP contribution in [-0.2, 0) is 16.1 Å². The molecule has 21 heavy (non-hydrogen) atoms. The summed E-state index contributed by atoms with van der Waals surface area (Å²) in [6, 6.07) is 1.96. The number of methoxy groups -OCH3 is 1. The van der Waals surface area contributed by atoms with Gasteiger partial charge in [-0.3, -0.25) is 9.48 Å². The van der Waals surface area contributed by atoms with Crippen LogP contribution in [0.25, 0.3) is 10.7 Å². The average Bonchev–Trinajstić information content (AvgIpc) is 3.13. The minimum Gasteiger partial charge on any atom is -0.469 e. The molecule has 0 radical (unpaired) electrons. The summed E-state index contributed by atoms with van der Waals surface area (Å²) in [7, 11) is 1.40. The number of hydrogen-bond acceptors (Lipinski definition) is 7. The SMILES string of the molecule is CCCCn1nccc1-c1nnc(SCCC(=O)OC)s1. The van der Waals surface area contributed by atoms with Crippen LogP contribution in [0.3, 0.4) is 0 Å². The van der Waals surface area contributed by atoms with E-state index in [1.54, 1.807) is 6.20 Å². The summed E-state index contributed by atoms with van der Waals surface area (Å²) in [6.07, 6.45) is 4.39. The van der Waals surface area contributed by atoms with Gasteiger partial charge >= 0.3 is 5.97 Å². The second-order valence-electron chi connectivity index (χ2n) is 4.34. The highest BCUT2D eigenvalue weighted by Crippen LogP contribution is 2.29. The summed E-state index contributed by atoms with van der Waals surface area (Å²) in [5.74, 6) is 0.445. The second-order valence-corrected chi connectivity index (χ2v) is 6.66. The molecule has 0 aliphatic rings. The van der Waals surface area contributed by atoms with Crippen LogP contribution in [-0.4, -0.2) is 38.8 Å². The van der Waals surface area contributed by atoms with E-state index in [-0.39, 0.29) is 5.97 Å². The molecule has 0 aliphatic carbocycles. The lowest BCUT2D eigenvalue weighted by molar-refractivity contribution is -0.140. The van der Waals surface area contributed by atoms with E-state index in [0.717, 1.165) is 34.4 Å². The van der Waals surface area contributed by atoms with Gasteiger partial charge in [-0.2, -0.15) is 5.10 Å². The predicted octanol–water partition coefficient (Wildman–Crippen LogP) is 2.86. The molecule has 6 nitrogen and oxygen atoms in total. The first kappa shape index (κ1) is 16.0. The number of unbranched alkanes of at least 4 members (excludes halogenated alkanes) is 1. The summed E-state index contributed by atoms with van der Waals surface area (Å²) < 4.78 is 7.43. The van der Waals surface area contributed by atoms with Crippen LogP contribution in [0.1, 0.15) is 26.2 Å². The summed E-state index contributed by atoms with van der Waals surface area (Å²) in [4.78, 5) is 11.1. The molecule has 0 aromatic carbocycles. The molecule has 0 atom stereocenters. The molecular weight excluding hydrogens is 308 g/mol. The number of carbonyl (C=O) groups is 1. The lowest BCUT2D eigenvalue weighted by atomic mass is 10.3. The maximum atomic E-state index is 11.1. The quantitative estimate of drug-likeness (QED) is 0.549. The fraction of sp³-hybridized carbons (Fsp3) is 0.538. The average molecular weight is 326 g/mol. The molecule has 114 valence electrons. The molecule has 0 bridgehead atoms. The summed E-state index contributed by atoms with van der Waals surface area (Å²) in [6.45, 7) is 3.05. The highest BCUT2D eigenvalue weighted by Gasteiger charge is 2.12. The van der Waals surface area contributed by atoms with Crippen molar-refractivity contribution in [2.24, 2.45) is 0 Å². The molecule has 0 amide bonds. The fourth-order valence-corrected chi connectivity index (χ4v) is 3.57. The van der Waals surface area contributed by atoms with E-state index < -0.39 is 0 Å². The molecule has 2 heterocycles. The van der Waals surface area contributed by atoms with Crippen molar-refractivity contribution < 1.29 is 9.53 Å². The van der Waals surface area contributed by atoms with Crippen LogP contribution >= 0.6 is 23.1 Å². The fourth-order valence-electron chi connectivity index (χ4n) is 1.70.